The maximum absolute atomic E-state index is 12.6. The summed E-state index contributed by atoms with van der Waals surface area (Å²) >= 11 is 1.38. The molecule has 3 rings (SSSR count). The predicted molar refractivity (Wildman–Crippen MR) is 103 cm³/mol. The number of hydrogen-bond acceptors (Lipinski definition) is 5. The van der Waals surface area contributed by atoms with Crippen LogP contribution in [0, 0.1) is 6.92 Å². The lowest BCUT2D eigenvalue weighted by molar-refractivity contribution is -0.129. The molecule has 1 aromatic carbocycles. The molecule has 0 bridgehead atoms. The summed E-state index contributed by atoms with van der Waals surface area (Å²) in [5.41, 5.74) is 2.16. The Morgan fingerprint density at radius 1 is 1.42 bits per heavy atom. The first kappa shape index (κ1) is 19.0. The SMILES string of the molecule is CCN(C(=O)CSc1nccn1-c1cccc(C)c1)C1CCS(=O)(=O)C1. The molecule has 1 amide bonds. The van der Waals surface area contributed by atoms with E-state index in [1.54, 1.807) is 11.1 Å². The van der Waals surface area contributed by atoms with Crippen LogP contribution in [0.1, 0.15) is 18.9 Å². The molecule has 1 unspecified atom stereocenters. The number of nitrogens with zero attached hydrogens (tertiary/aromatic N) is 3. The molecule has 26 heavy (non-hydrogen) atoms. The van der Waals surface area contributed by atoms with Crippen molar-refractivity contribution in [1.29, 1.82) is 0 Å². The van der Waals surface area contributed by atoms with E-state index in [0.717, 1.165) is 16.4 Å². The lowest BCUT2D eigenvalue weighted by Crippen LogP contribution is -2.42. The maximum Gasteiger partial charge on any atom is 0.233 e. The second kappa shape index (κ2) is 7.84. The zero-order valence-electron chi connectivity index (χ0n) is 15.0. The van der Waals surface area contributed by atoms with E-state index in [9.17, 15) is 13.2 Å². The Hall–Kier alpha value is -1.80. The summed E-state index contributed by atoms with van der Waals surface area (Å²) in [6.07, 6.45) is 4.13. The summed E-state index contributed by atoms with van der Waals surface area (Å²) in [4.78, 5) is 18.7. The molecule has 8 heteroatoms. The van der Waals surface area contributed by atoms with Crippen LogP contribution in [0.25, 0.3) is 5.69 Å². The van der Waals surface area contributed by atoms with Crippen molar-refractivity contribution in [3.63, 3.8) is 0 Å². The molecule has 6 nitrogen and oxygen atoms in total. The molecule has 1 aliphatic rings. The van der Waals surface area contributed by atoms with E-state index < -0.39 is 9.84 Å². The van der Waals surface area contributed by atoms with Gasteiger partial charge in [0.25, 0.3) is 0 Å². The molecule has 0 radical (unpaired) electrons. The fraction of sp³-hybridized carbons (Fsp3) is 0.444. The van der Waals surface area contributed by atoms with E-state index in [1.165, 1.54) is 11.8 Å². The first-order chi connectivity index (χ1) is 12.4. The van der Waals surface area contributed by atoms with Gasteiger partial charge in [0.2, 0.25) is 5.91 Å². The van der Waals surface area contributed by atoms with Crippen molar-refractivity contribution in [2.45, 2.75) is 31.5 Å². The standard InChI is InChI=1S/C18H23N3O3S2/c1-3-20(16-7-10-26(23,24)13-16)17(22)12-25-18-19-8-9-21(18)15-6-4-5-14(2)11-15/h4-6,8-9,11,16H,3,7,10,12-13H2,1-2H3. The van der Waals surface area contributed by atoms with Gasteiger partial charge in [-0.1, -0.05) is 23.9 Å². The Balaban J connectivity index is 1.67. The molecule has 0 aliphatic carbocycles. The van der Waals surface area contributed by atoms with E-state index in [4.69, 9.17) is 0 Å². The van der Waals surface area contributed by atoms with Gasteiger partial charge >= 0.3 is 0 Å². The molecule has 0 N–H and O–H groups in total. The van der Waals surface area contributed by atoms with Crippen LogP contribution in [0.2, 0.25) is 0 Å². The molecule has 0 spiro atoms. The maximum atomic E-state index is 12.6. The van der Waals surface area contributed by atoms with Crippen LogP contribution >= 0.6 is 11.8 Å². The van der Waals surface area contributed by atoms with Crippen molar-refractivity contribution in [2.24, 2.45) is 0 Å². The van der Waals surface area contributed by atoms with Crippen molar-refractivity contribution < 1.29 is 13.2 Å². The summed E-state index contributed by atoms with van der Waals surface area (Å²) in [5, 5.41) is 0.749. The van der Waals surface area contributed by atoms with Gasteiger partial charge in [-0.05, 0) is 38.0 Å². The largest absolute Gasteiger partial charge is 0.338 e. The minimum Gasteiger partial charge on any atom is -0.338 e. The molecule has 1 aromatic heterocycles. The van der Waals surface area contributed by atoms with Gasteiger partial charge in [-0.3, -0.25) is 9.36 Å². The number of sulfone groups is 1. The third-order valence-electron chi connectivity index (χ3n) is 4.52. The molecular formula is C18H23N3O3S2. The Labute approximate surface area is 158 Å². The molecule has 2 heterocycles. The van der Waals surface area contributed by atoms with Crippen molar-refractivity contribution in [2.75, 3.05) is 23.8 Å². The fourth-order valence-electron chi connectivity index (χ4n) is 3.24. The summed E-state index contributed by atoms with van der Waals surface area (Å²) in [7, 11) is -3.01. The van der Waals surface area contributed by atoms with E-state index >= 15 is 0 Å². The van der Waals surface area contributed by atoms with Gasteiger partial charge in [-0.25, -0.2) is 13.4 Å². The number of amides is 1. The minimum atomic E-state index is -3.01. The first-order valence-corrected chi connectivity index (χ1v) is 11.4. The summed E-state index contributed by atoms with van der Waals surface area (Å²) in [6.45, 7) is 4.44. The van der Waals surface area contributed by atoms with Crippen LogP contribution in [0.5, 0.6) is 0 Å². The molecule has 1 saturated heterocycles. The third-order valence-corrected chi connectivity index (χ3v) is 7.22. The van der Waals surface area contributed by atoms with Crippen molar-refractivity contribution in [3.8, 4) is 5.69 Å². The highest BCUT2D eigenvalue weighted by molar-refractivity contribution is 7.99. The van der Waals surface area contributed by atoms with Crippen LogP contribution in [0.15, 0.2) is 41.8 Å². The van der Waals surface area contributed by atoms with E-state index in [2.05, 4.69) is 11.1 Å². The van der Waals surface area contributed by atoms with Gasteiger partial charge in [-0.2, -0.15) is 0 Å². The van der Waals surface area contributed by atoms with Gasteiger partial charge in [0, 0.05) is 30.7 Å². The number of aryl methyl sites for hydroxylation is 1. The topological polar surface area (TPSA) is 72.3 Å². The molecular weight excluding hydrogens is 370 g/mol. The van der Waals surface area contributed by atoms with Crippen LogP contribution < -0.4 is 0 Å². The number of imidazole rings is 1. The van der Waals surface area contributed by atoms with Gasteiger partial charge < -0.3 is 4.90 Å². The van der Waals surface area contributed by atoms with Crippen LogP contribution in [-0.2, 0) is 14.6 Å². The van der Waals surface area contributed by atoms with Gasteiger partial charge in [-0.15, -0.1) is 0 Å². The lowest BCUT2D eigenvalue weighted by atomic mass is 10.2. The summed E-state index contributed by atoms with van der Waals surface area (Å²) in [6, 6.07) is 7.89. The molecule has 2 aromatic rings. The molecule has 1 fully saturated rings. The molecule has 1 atom stereocenters. The fourth-order valence-corrected chi connectivity index (χ4v) is 5.83. The first-order valence-electron chi connectivity index (χ1n) is 8.62. The molecule has 140 valence electrons. The Morgan fingerprint density at radius 2 is 2.23 bits per heavy atom. The zero-order valence-corrected chi connectivity index (χ0v) is 16.6. The number of carbonyl (C=O) groups excluding carboxylic acids is 1. The highest BCUT2D eigenvalue weighted by atomic mass is 32.2. The minimum absolute atomic E-state index is 0.0432. The Kier molecular flexibility index (Phi) is 5.72. The average Bonchev–Trinajstić information content (AvgIpc) is 3.20. The Bertz CT molecular complexity index is 893. The second-order valence-electron chi connectivity index (χ2n) is 6.44. The van der Waals surface area contributed by atoms with Crippen molar-refractivity contribution >= 4 is 27.5 Å². The normalized spacial score (nSPS) is 18.8. The lowest BCUT2D eigenvalue weighted by Gasteiger charge is -2.26. The quantitative estimate of drug-likeness (QED) is 0.704. The predicted octanol–water partition coefficient (Wildman–Crippen LogP) is 2.31. The number of carbonyl (C=O) groups is 1. The second-order valence-corrected chi connectivity index (χ2v) is 9.62. The van der Waals surface area contributed by atoms with Gasteiger partial charge in [0.1, 0.15) is 0 Å². The van der Waals surface area contributed by atoms with Crippen molar-refractivity contribution in [3.05, 3.63) is 42.2 Å². The van der Waals surface area contributed by atoms with E-state index in [0.29, 0.717) is 13.0 Å². The number of rotatable bonds is 6. The Morgan fingerprint density at radius 3 is 2.88 bits per heavy atom. The summed E-state index contributed by atoms with van der Waals surface area (Å²) < 4.78 is 25.4. The van der Waals surface area contributed by atoms with Crippen molar-refractivity contribution in [1.82, 2.24) is 14.5 Å². The van der Waals surface area contributed by atoms with E-state index in [-0.39, 0.29) is 29.2 Å². The van der Waals surface area contributed by atoms with Crippen LogP contribution in [0.3, 0.4) is 0 Å². The van der Waals surface area contributed by atoms with Crippen LogP contribution in [-0.4, -0.2) is 58.6 Å². The highest BCUT2D eigenvalue weighted by Gasteiger charge is 2.33. The van der Waals surface area contributed by atoms with Crippen LogP contribution in [0.4, 0.5) is 0 Å². The number of benzene rings is 1. The van der Waals surface area contributed by atoms with Gasteiger partial charge in [0.15, 0.2) is 15.0 Å². The molecule has 0 saturated carbocycles. The highest BCUT2D eigenvalue weighted by Crippen LogP contribution is 2.23. The number of aromatic nitrogens is 2. The van der Waals surface area contributed by atoms with Gasteiger partial charge in [0.05, 0.1) is 17.3 Å². The third kappa shape index (κ3) is 4.29. The number of thioether (sulfide) groups is 1. The molecule has 1 aliphatic heterocycles. The van der Waals surface area contributed by atoms with E-state index in [1.807, 2.05) is 42.8 Å². The monoisotopic (exact) mass is 393 g/mol. The average molecular weight is 394 g/mol. The number of hydrogen-bond donors (Lipinski definition) is 0. The summed E-state index contributed by atoms with van der Waals surface area (Å²) in [5.74, 6) is 0.452. The smallest absolute Gasteiger partial charge is 0.233 e. The zero-order chi connectivity index (χ0) is 18.7.